The number of nitrogens with zero attached hydrogens (tertiary/aromatic N) is 1. The van der Waals surface area contributed by atoms with Gasteiger partial charge in [0.15, 0.2) is 0 Å². The number of benzene rings is 1. The summed E-state index contributed by atoms with van der Waals surface area (Å²) in [7, 11) is 1.76. The minimum Gasteiger partial charge on any atom is -0.496 e. The highest BCUT2D eigenvalue weighted by Crippen LogP contribution is 2.32. The Kier molecular flexibility index (Phi) is 4.81. The van der Waals surface area contributed by atoms with Crippen molar-refractivity contribution < 1.29 is 4.74 Å². The van der Waals surface area contributed by atoms with Crippen LogP contribution in [0, 0.1) is 5.92 Å². The molecule has 2 unspecified atom stereocenters. The van der Waals surface area contributed by atoms with Gasteiger partial charge in [-0.15, -0.1) is 0 Å². The van der Waals surface area contributed by atoms with E-state index < -0.39 is 0 Å². The third-order valence-electron chi connectivity index (χ3n) is 4.96. The second-order valence-corrected chi connectivity index (χ2v) is 6.49. The van der Waals surface area contributed by atoms with E-state index in [4.69, 9.17) is 4.74 Å². The molecule has 2 atom stereocenters. The van der Waals surface area contributed by atoms with Gasteiger partial charge in [-0.25, -0.2) is 0 Å². The topological polar surface area (TPSA) is 24.5 Å². The zero-order valence-corrected chi connectivity index (χ0v) is 13.3. The molecule has 0 aromatic heterocycles. The van der Waals surface area contributed by atoms with Gasteiger partial charge in [0.25, 0.3) is 0 Å². The molecular weight excluding hydrogens is 260 g/mol. The van der Waals surface area contributed by atoms with E-state index in [-0.39, 0.29) is 0 Å². The molecule has 0 spiro atoms. The molecule has 0 amide bonds. The van der Waals surface area contributed by atoms with Gasteiger partial charge in [-0.05, 0) is 50.8 Å². The minimum atomic E-state index is 0.399. The first-order chi connectivity index (χ1) is 10.3. The van der Waals surface area contributed by atoms with Gasteiger partial charge < -0.3 is 15.0 Å². The molecule has 1 aliphatic carbocycles. The van der Waals surface area contributed by atoms with Crippen LogP contribution in [0.1, 0.15) is 44.2 Å². The molecule has 1 aliphatic heterocycles. The van der Waals surface area contributed by atoms with E-state index in [1.807, 2.05) is 6.07 Å². The third-order valence-corrected chi connectivity index (χ3v) is 4.96. The zero-order chi connectivity index (χ0) is 14.7. The van der Waals surface area contributed by atoms with Crippen LogP contribution >= 0.6 is 0 Å². The molecule has 3 nitrogen and oxygen atoms in total. The Labute approximate surface area is 128 Å². The summed E-state index contributed by atoms with van der Waals surface area (Å²) in [6, 6.07) is 9.71. The van der Waals surface area contributed by atoms with Crippen molar-refractivity contribution in [3.63, 3.8) is 0 Å². The Balaban J connectivity index is 1.55. The highest BCUT2D eigenvalue weighted by atomic mass is 16.5. The molecular formula is C18H28N2O. The Hall–Kier alpha value is -1.06. The normalized spacial score (nSPS) is 24.2. The number of nitrogens with one attached hydrogen (secondary N) is 1. The molecule has 2 fully saturated rings. The van der Waals surface area contributed by atoms with Crippen LogP contribution in [0.2, 0.25) is 0 Å². The zero-order valence-electron chi connectivity index (χ0n) is 13.3. The summed E-state index contributed by atoms with van der Waals surface area (Å²) < 4.78 is 5.51. The average Bonchev–Trinajstić information content (AvgIpc) is 3.27. The number of likely N-dealkylation sites (tertiary alicyclic amines) is 1. The standard InChI is InChI=1S/C18H28N2O/c1-3-17(16-6-4-5-7-18(16)21-2)19-12-14-10-11-20(13-14)15-8-9-15/h4-7,14-15,17,19H,3,8-13H2,1-2H3. The van der Waals surface area contributed by atoms with Crippen molar-refractivity contribution in [2.75, 3.05) is 26.7 Å². The maximum atomic E-state index is 5.51. The van der Waals surface area contributed by atoms with Crippen LogP contribution in [0.4, 0.5) is 0 Å². The van der Waals surface area contributed by atoms with Gasteiger partial charge >= 0.3 is 0 Å². The van der Waals surface area contributed by atoms with Crippen LogP contribution in [0.3, 0.4) is 0 Å². The largest absolute Gasteiger partial charge is 0.496 e. The molecule has 0 radical (unpaired) electrons. The van der Waals surface area contributed by atoms with Gasteiger partial charge in [-0.2, -0.15) is 0 Å². The fourth-order valence-electron chi connectivity index (χ4n) is 3.54. The van der Waals surface area contributed by atoms with E-state index in [2.05, 4.69) is 35.3 Å². The average molecular weight is 288 g/mol. The quantitative estimate of drug-likeness (QED) is 0.834. The first-order valence-corrected chi connectivity index (χ1v) is 8.42. The monoisotopic (exact) mass is 288 g/mol. The van der Waals surface area contributed by atoms with Crippen LogP contribution in [0.5, 0.6) is 5.75 Å². The smallest absolute Gasteiger partial charge is 0.123 e. The van der Waals surface area contributed by atoms with E-state index in [0.717, 1.165) is 30.7 Å². The van der Waals surface area contributed by atoms with Crippen molar-refractivity contribution in [3.8, 4) is 5.75 Å². The van der Waals surface area contributed by atoms with Gasteiger partial charge in [0.05, 0.1) is 7.11 Å². The van der Waals surface area contributed by atoms with Crippen LogP contribution in [-0.4, -0.2) is 37.7 Å². The lowest BCUT2D eigenvalue weighted by atomic mass is 10.0. The van der Waals surface area contributed by atoms with Crippen LogP contribution in [0.15, 0.2) is 24.3 Å². The number of hydrogen-bond donors (Lipinski definition) is 1. The summed E-state index contributed by atoms with van der Waals surface area (Å²) in [5.74, 6) is 1.82. The lowest BCUT2D eigenvalue weighted by molar-refractivity contribution is 0.308. The Morgan fingerprint density at radius 1 is 1.29 bits per heavy atom. The molecule has 1 aromatic carbocycles. The van der Waals surface area contributed by atoms with Gasteiger partial charge in [0.2, 0.25) is 0 Å². The molecule has 0 bridgehead atoms. The summed E-state index contributed by atoms with van der Waals surface area (Å²) in [5, 5.41) is 3.78. The van der Waals surface area contributed by atoms with Gasteiger partial charge in [-0.1, -0.05) is 25.1 Å². The predicted octanol–water partition coefficient (Wildman–Crippen LogP) is 3.22. The van der Waals surface area contributed by atoms with Crippen molar-refractivity contribution in [2.24, 2.45) is 5.92 Å². The van der Waals surface area contributed by atoms with Gasteiger partial charge in [0.1, 0.15) is 5.75 Å². The fourth-order valence-corrected chi connectivity index (χ4v) is 3.54. The van der Waals surface area contributed by atoms with Crippen molar-refractivity contribution in [1.82, 2.24) is 10.2 Å². The molecule has 1 heterocycles. The Morgan fingerprint density at radius 3 is 2.81 bits per heavy atom. The number of para-hydroxylation sites is 1. The summed E-state index contributed by atoms with van der Waals surface area (Å²) >= 11 is 0. The minimum absolute atomic E-state index is 0.399. The van der Waals surface area contributed by atoms with Gasteiger partial charge in [-0.3, -0.25) is 0 Å². The number of hydrogen-bond acceptors (Lipinski definition) is 3. The van der Waals surface area contributed by atoms with E-state index in [1.165, 1.54) is 37.9 Å². The molecule has 1 saturated heterocycles. The molecule has 1 N–H and O–H groups in total. The summed E-state index contributed by atoms with van der Waals surface area (Å²) in [4.78, 5) is 2.69. The lowest BCUT2D eigenvalue weighted by Crippen LogP contribution is -2.30. The van der Waals surface area contributed by atoms with Crippen molar-refractivity contribution in [2.45, 2.75) is 44.7 Å². The van der Waals surface area contributed by atoms with Crippen molar-refractivity contribution in [1.29, 1.82) is 0 Å². The molecule has 1 aromatic rings. The Bertz CT molecular complexity index is 458. The summed E-state index contributed by atoms with van der Waals surface area (Å²) in [6.07, 6.45) is 5.31. The second-order valence-electron chi connectivity index (χ2n) is 6.49. The van der Waals surface area contributed by atoms with Crippen molar-refractivity contribution >= 4 is 0 Å². The summed E-state index contributed by atoms with van der Waals surface area (Å²) in [5.41, 5.74) is 1.29. The maximum Gasteiger partial charge on any atom is 0.123 e. The van der Waals surface area contributed by atoms with Gasteiger partial charge in [0, 0.05) is 24.2 Å². The first kappa shape index (κ1) is 14.9. The molecule has 2 aliphatic rings. The molecule has 1 saturated carbocycles. The predicted molar refractivity (Wildman–Crippen MR) is 86.7 cm³/mol. The summed E-state index contributed by atoms with van der Waals surface area (Å²) in [6.45, 7) is 5.97. The van der Waals surface area contributed by atoms with E-state index in [9.17, 15) is 0 Å². The van der Waals surface area contributed by atoms with E-state index in [0.29, 0.717) is 6.04 Å². The van der Waals surface area contributed by atoms with E-state index >= 15 is 0 Å². The van der Waals surface area contributed by atoms with Crippen LogP contribution in [0.25, 0.3) is 0 Å². The second kappa shape index (κ2) is 6.80. The van der Waals surface area contributed by atoms with Crippen LogP contribution < -0.4 is 10.1 Å². The third kappa shape index (κ3) is 3.58. The highest BCUT2D eigenvalue weighted by molar-refractivity contribution is 5.35. The maximum absolute atomic E-state index is 5.51. The fraction of sp³-hybridized carbons (Fsp3) is 0.667. The number of ether oxygens (including phenoxy) is 1. The molecule has 3 rings (SSSR count). The van der Waals surface area contributed by atoms with E-state index in [1.54, 1.807) is 7.11 Å². The molecule has 116 valence electrons. The molecule has 3 heteroatoms. The van der Waals surface area contributed by atoms with Crippen LogP contribution in [-0.2, 0) is 0 Å². The lowest BCUT2D eigenvalue weighted by Gasteiger charge is -2.22. The molecule has 21 heavy (non-hydrogen) atoms. The number of rotatable bonds is 7. The Morgan fingerprint density at radius 2 is 2.10 bits per heavy atom. The number of methoxy groups -OCH3 is 1. The first-order valence-electron chi connectivity index (χ1n) is 8.42. The SMILES string of the molecule is CCC(NCC1CCN(C2CC2)C1)c1ccccc1OC. The highest BCUT2D eigenvalue weighted by Gasteiger charge is 2.34. The van der Waals surface area contributed by atoms with Crippen molar-refractivity contribution in [3.05, 3.63) is 29.8 Å².